The summed E-state index contributed by atoms with van der Waals surface area (Å²) in [5.74, 6) is -0.0671. The number of fused-ring (bicyclic) bond motifs is 1. The Balaban J connectivity index is 0.00000144. The zero-order valence-electron chi connectivity index (χ0n) is 9.09. The molecule has 0 bridgehead atoms. The lowest BCUT2D eigenvalue weighted by Gasteiger charge is -2.09. The van der Waals surface area contributed by atoms with Gasteiger partial charge in [0.1, 0.15) is 0 Å². The van der Waals surface area contributed by atoms with E-state index in [1.54, 1.807) is 12.1 Å². The molecule has 1 aromatic rings. The van der Waals surface area contributed by atoms with E-state index >= 15 is 0 Å². The zero-order valence-corrected chi connectivity index (χ0v) is 9.90. The molecular weight excluding hydrogens is 246 g/mol. The third-order valence-corrected chi connectivity index (χ3v) is 2.55. The van der Waals surface area contributed by atoms with Gasteiger partial charge in [0.25, 0.3) is 0 Å². The number of hydrogen-bond acceptors (Lipinski definition) is 4. The lowest BCUT2D eigenvalue weighted by molar-refractivity contribution is -0.141. The first-order valence-electron chi connectivity index (χ1n) is 5.02. The molecule has 0 saturated carbocycles. The Morgan fingerprint density at radius 2 is 2.12 bits per heavy atom. The Hall–Kier alpha value is -1.46. The second kappa shape index (κ2) is 5.75. The fourth-order valence-electron chi connectivity index (χ4n) is 1.62. The normalized spacial score (nSPS) is 13.9. The van der Waals surface area contributed by atoms with Crippen molar-refractivity contribution in [2.24, 2.45) is 11.7 Å². The number of hydrogen-bond donors (Lipinski definition) is 2. The Bertz CT molecular complexity index is 410. The minimum absolute atomic E-state index is 0. The van der Waals surface area contributed by atoms with Gasteiger partial charge in [-0.3, -0.25) is 4.79 Å². The molecule has 0 spiro atoms. The van der Waals surface area contributed by atoms with E-state index in [2.05, 4.69) is 0 Å². The number of ether oxygens (including phenoxy) is 2. The maximum atomic E-state index is 10.8. The molecule has 3 N–H and O–H groups in total. The first kappa shape index (κ1) is 13.6. The summed E-state index contributed by atoms with van der Waals surface area (Å²) < 4.78 is 10.4. The lowest BCUT2D eigenvalue weighted by atomic mass is 9.99. The molecule has 2 rings (SSSR count). The van der Waals surface area contributed by atoms with Crippen LogP contribution in [0.25, 0.3) is 0 Å². The average Bonchev–Trinajstić information content (AvgIpc) is 2.72. The Kier molecular flexibility index (Phi) is 4.60. The predicted octanol–water partition coefficient (Wildman–Crippen LogP) is 1.04. The molecular formula is C11H14ClNO4. The van der Waals surface area contributed by atoms with Crippen molar-refractivity contribution in [1.82, 2.24) is 0 Å². The molecule has 1 heterocycles. The van der Waals surface area contributed by atoms with Gasteiger partial charge in [0.05, 0.1) is 5.92 Å². The number of carboxylic acid groups (broad SMARTS) is 1. The monoisotopic (exact) mass is 259 g/mol. The van der Waals surface area contributed by atoms with Gasteiger partial charge in [-0.2, -0.15) is 0 Å². The third kappa shape index (κ3) is 3.01. The van der Waals surface area contributed by atoms with E-state index in [0.29, 0.717) is 17.9 Å². The highest BCUT2D eigenvalue weighted by Gasteiger charge is 2.18. The summed E-state index contributed by atoms with van der Waals surface area (Å²) >= 11 is 0. The van der Waals surface area contributed by atoms with Gasteiger partial charge in [-0.15, -0.1) is 12.4 Å². The molecule has 0 fully saturated rings. The topological polar surface area (TPSA) is 81.8 Å². The van der Waals surface area contributed by atoms with Crippen LogP contribution in [0, 0.1) is 5.92 Å². The van der Waals surface area contributed by atoms with Crippen molar-refractivity contribution < 1.29 is 19.4 Å². The SMILES string of the molecule is Cl.NC[C@@H](Cc1ccc2c(c1)OCO2)C(=O)O. The van der Waals surface area contributed by atoms with Gasteiger partial charge in [-0.25, -0.2) is 0 Å². The number of carbonyl (C=O) groups is 1. The molecule has 1 aliphatic heterocycles. The van der Waals surface area contributed by atoms with E-state index in [9.17, 15) is 4.79 Å². The van der Waals surface area contributed by atoms with Crippen molar-refractivity contribution in [3.05, 3.63) is 23.8 Å². The largest absolute Gasteiger partial charge is 0.481 e. The molecule has 1 aliphatic rings. The highest BCUT2D eigenvalue weighted by Crippen LogP contribution is 2.33. The van der Waals surface area contributed by atoms with Crippen LogP contribution in [0.4, 0.5) is 0 Å². The summed E-state index contributed by atoms with van der Waals surface area (Å²) in [6.45, 7) is 0.349. The predicted molar refractivity (Wildman–Crippen MR) is 63.7 cm³/mol. The summed E-state index contributed by atoms with van der Waals surface area (Å²) in [6.07, 6.45) is 0.405. The smallest absolute Gasteiger partial charge is 0.308 e. The molecule has 0 amide bonds. The Labute approximate surface area is 105 Å². The number of rotatable bonds is 4. The van der Waals surface area contributed by atoms with E-state index in [0.717, 1.165) is 5.56 Å². The van der Waals surface area contributed by atoms with Crippen molar-refractivity contribution in [3.63, 3.8) is 0 Å². The number of benzene rings is 1. The molecule has 0 radical (unpaired) electrons. The van der Waals surface area contributed by atoms with Gasteiger partial charge in [0.15, 0.2) is 11.5 Å². The van der Waals surface area contributed by atoms with Crippen LogP contribution < -0.4 is 15.2 Å². The minimum atomic E-state index is -0.875. The molecule has 0 aromatic heterocycles. The molecule has 5 nitrogen and oxygen atoms in total. The van der Waals surface area contributed by atoms with Gasteiger partial charge in [0, 0.05) is 6.54 Å². The third-order valence-electron chi connectivity index (χ3n) is 2.55. The van der Waals surface area contributed by atoms with Crippen molar-refractivity contribution in [2.45, 2.75) is 6.42 Å². The number of carboxylic acids is 1. The lowest BCUT2D eigenvalue weighted by Crippen LogP contribution is -2.25. The first-order valence-corrected chi connectivity index (χ1v) is 5.02. The van der Waals surface area contributed by atoms with Gasteiger partial charge in [-0.1, -0.05) is 6.07 Å². The van der Waals surface area contributed by atoms with Crippen molar-refractivity contribution in [2.75, 3.05) is 13.3 Å². The fourth-order valence-corrected chi connectivity index (χ4v) is 1.62. The van der Waals surface area contributed by atoms with Gasteiger partial charge >= 0.3 is 5.97 Å². The summed E-state index contributed by atoms with van der Waals surface area (Å²) in [5.41, 5.74) is 6.29. The molecule has 0 unspecified atom stereocenters. The second-order valence-corrected chi connectivity index (χ2v) is 3.66. The number of aliphatic carboxylic acids is 1. The highest BCUT2D eigenvalue weighted by molar-refractivity contribution is 5.85. The van der Waals surface area contributed by atoms with Crippen LogP contribution in [0.1, 0.15) is 5.56 Å². The standard InChI is InChI=1S/C11H13NO4.ClH/c12-5-8(11(13)14)3-7-1-2-9-10(4-7)16-6-15-9;/h1-2,4,8H,3,5-6,12H2,(H,13,14);1H/t8-;/m1./s1. The highest BCUT2D eigenvalue weighted by atomic mass is 35.5. The number of halogens is 1. The summed E-state index contributed by atoms with van der Waals surface area (Å²) in [7, 11) is 0. The van der Waals surface area contributed by atoms with Crippen molar-refractivity contribution in [1.29, 1.82) is 0 Å². The fraction of sp³-hybridized carbons (Fsp3) is 0.364. The van der Waals surface area contributed by atoms with E-state index in [1.165, 1.54) is 0 Å². The molecule has 94 valence electrons. The van der Waals surface area contributed by atoms with Crippen molar-refractivity contribution >= 4 is 18.4 Å². The van der Waals surface area contributed by atoms with Crippen LogP contribution in [0.5, 0.6) is 11.5 Å². The Morgan fingerprint density at radius 3 is 2.76 bits per heavy atom. The van der Waals surface area contributed by atoms with Gasteiger partial charge in [0.2, 0.25) is 6.79 Å². The quantitative estimate of drug-likeness (QED) is 0.844. The van der Waals surface area contributed by atoms with Crippen LogP contribution in [0.3, 0.4) is 0 Å². The number of nitrogens with two attached hydrogens (primary N) is 1. The summed E-state index contributed by atoms with van der Waals surface area (Å²) in [6, 6.07) is 5.42. The van der Waals surface area contributed by atoms with E-state index in [-0.39, 0.29) is 25.7 Å². The van der Waals surface area contributed by atoms with E-state index in [4.69, 9.17) is 20.3 Å². The van der Waals surface area contributed by atoms with Crippen LogP contribution >= 0.6 is 12.4 Å². The van der Waals surface area contributed by atoms with Crippen molar-refractivity contribution in [3.8, 4) is 11.5 Å². The van der Waals surface area contributed by atoms with Crippen LogP contribution in [0.15, 0.2) is 18.2 Å². The molecule has 6 heteroatoms. The maximum Gasteiger partial charge on any atom is 0.308 e. The minimum Gasteiger partial charge on any atom is -0.481 e. The zero-order chi connectivity index (χ0) is 11.5. The molecule has 0 aliphatic carbocycles. The molecule has 1 atom stereocenters. The van der Waals surface area contributed by atoms with Crippen LogP contribution in [0.2, 0.25) is 0 Å². The van der Waals surface area contributed by atoms with Crippen LogP contribution in [-0.2, 0) is 11.2 Å². The first-order chi connectivity index (χ1) is 7.70. The van der Waals surface area contributed by atoms with Gasteiger partial charge < -0.3 is 20.3 Å². The second-order valence-electron chi connectivity index (χ2n) is 3.66. The molecule has 1 aromatic carbocycles. The summed E-state index contributed by atoms with van der Waals surface area (Å²) in [5, 5.41) is 8.89. The van der Waals surface area contributed by atoms with E-state index < -0.39 is 11.9 Å². The van der Waals surface area contributed by atoms with Crippen LogP contribution in [-0.4, -0.2) is 24.4 Å². The van der Waals surface area contributed by atoms with E-state index in [1.807, 2.05) is 6.07 Å². The summed E-state index contributed by atoms with van der Waals surface area (Å²) in [4.78, 5) is 10.8. The molecule has 17 heavy (non-hydrogen) atoms. The molecule has 0 saturated heterocycles. The van der Waals surface area contributed by atoms with Gasteiger partial charge in [-0.05, 0) is 24.1 Å². The maximum absolute atomic E-state index is 10.8. The Morgan fingerprint density at radius 1 is 1.41 bits per heavy atom. The average molecular weight is 260 g/mol.